The summed E-state index contributed by atoms with van der Waals surface area (Å²) in [6.45, 7) is 8.20. The van der Waals surface area contributed by atoms with Crippen LogP contribution in [0.5, 0.6) is 0 Å². The van der Waals surface area contributed by atoms with Crippen LogP contribution in [-0.2, 0) is 11.3 Å². The van der Waals surface area contributed by atoms with Gasteiger partial charge in [-0.25, -0.2) is 9.97 Å². The molecule has 0 unspecified atom stereocenters. The molecule has 0 bridgehead atoms. The predicted molar refractivity (Wildman–Crippen MR) is 167 cm³/mol. The van der Waals surface area contributed by atoms with E-state index >= 15 is 0 Å². The third-order valence-electron chi connectivity index (χ3n) is 8.23. The number of benzene rings is 3. The lowest BCUT2D eigenvalue weighted by atomic mass is 10.1. The topological polar surface area (TPSA) is 89.6 Å². The second-order valence-electron chi connectivity index (χ2n) is 11.2. The number of fused-ring (bicyclic) bond motifs is 2. The van der Waals surface area contributed by atoms with Crippen LogP contribution in [0.3, 0.4) is 0 Å². The Morgan fingerprint density at radius 3 is 2.48 bits per heavy atom. The largest absolute Gasteiger partial charge is 0.378 e. The molecule has 2 aliphatic heterocycles. The van der Waals surface area contributed by atoms with Gasteiger partial charge in [0.1, 0.15) is 11.6 Å². The molecule has 7 rings (SSSR count). The molecule has 4 heterocycles. The molecule has 2 N–H and O–H groups in total. The zero-order chi connectivity index (χ0) is 28.5. The molecule has 2 aromatic heterocycles. The second-order valence-corrected chi connectivity index (χ2v) is 11.2. The molecule has 0 saturated carbocycles. The standard InChI is InChI=1S/C33H35N7O2/c1-38-12-14-39(15-13-38)22-23-6-9-26(10-7-23)34-33(41)25-8-11-29-30(21-25)36-31(35-29)27-20-24-4-2-3-5-28(24)37-32(27)40-16-18-42-19-17-40/h2-11,20-21H,12-19,22H2,1H3,(H,34,41)(H,35,36). The summed E-state index contributed by atoms with van der Waals surface area (Å²) >= 11 is 0. The average Bonchev–Trinajstić information content (AvgIpc) is 3.46. The summed E-state index contributed by atoms with van der Waals surface area (Å²) in [5, 5.41) is 4.10. The molecule has 2 saturated heterocycles. The van der Waals surface area contributed by atoms with Crippen LogP contribution in [0.25, 0.3) is 33.3 Å². The third kappa shape index (κ3) is 5.59. The molecule has 0 spiro atoms. The molecule has 0 radical (unpaired) electrons. The van der Waals surface area contributed by atoms with Crippen LogP contribution in [0, 0.1) is 0 Å². The number of nitrogens with zero attached hydrogens (tertiary/aromatic N) is 5. The number of nitrogens with one attached hydrogen (secondary N) is 2. The first-order chi connectivity index (χ1) is 20.6. The molecule has 9 heteroatoms. The minimum atomic E-state index is -0.152. The van der Waals surface area contributed by atoms with Crippen molar-refractivity contribution in [1.29, 1.82) is 0 Å². The molecule has 1 amide bonds. The number of anilines is 2. The summed E-state index contributed by atoms with van der Waals surface area (Å²) in [7, 11) is 2.17. The van der Waals surface area contributed by atoms with Gasteiger partial charge in [-0.1, -0.05) is 30.3 Å². The van der Waals surface area contributed by atoms with Crippen molar-refractivity contribution in [3.8, 4) is 11.4 Å². The second kappa shape index (κ2) is 11.5. The number of para-hydroxylation sites is 1. The van der Waals surface area contributed by atoms with Gasteiger partial charge in [0, 0.05) is 62.5 Å². The summed E-state index contributed by atoms with van der Waals surface area (Å²) in [4.78, 5) is 33.7. The van der Waals surface area contributed by atoms with E-state index in [9.17, 15) is 4.79 Å². The molecule has 2 aliphatic rings. The lowest BCUT2D eigenvalue weighted by Crippen LogP contribution is -2.43. The maximum atomic E-state index is 13.2. The van der Waals surface area contributed by atoms with Crippen LogP contribution >= 0.6 is 0 Å². The summed E-state index contributed by atoms with van der Waals surface area (Å²) in [5.74, 6) is 1.48. The Balaban J connectivity index is 1.11. The number of aromatic nitrogens is 3. The normalized spacial score (nSPS) is 16.7. The lowest BCUT2D eigenvalue weighted by Gasteiger charge is -2.32. The van der Waals surface area contributed by atoms with E-state index in [2.05, 4.69) is 56.3 Å². The Hall–Kier alpha value is -4.31. The van der Waals surface area contributed by atoms with Crippen molar-refractivity contribution in [1.82, 2.24) is 24.8 Å². The fourth-order valence-corrected chi connectivity index (χ4v) is 5.74. The number of aromatic amines is 1. The van der Waals surface area contributed by atoms with Crippen LogP contribution in [-0.4, -0.2) is 90.2 Å². The highest BCUT2D eigenvalue weighted by molar-refractivity contribution is 6.06. The van der Waals surface area contributed by atoms with Crippen molar-refractivity contribution >= 4 is 39.3 Å². The van der Waals surface area contributed by atoms with E-state index in [0.29, 0.717) is 18.8 Å². The van der Waals surface area contributed by atoms with E-state index in [1.165, 1.54) is 5.56 Å². The molecular formula is C33H35N7O2. The van der Waals surface area contributed by atoms with Crippen LogP contribution in [0.15, 0.2) is 72.8 Å². The van der Waals surface area contributed by atoms with Crippen LogP contribution in [0.1, 0.15) is 15.9 Å². The van der Waals surface area contributed by atoms with Crippen molar-refractivity contribution in [3.05, 3.63) is 83.9 Å². The van der Waals surface area contributed by atoms with Crippen molar-refractivity contribution in [2.75, 3.05) is 69.7 Å². The van der Waals surface area contributed by atoms with Gasteiger partial charge in [0.15, 0.2) is 0 Å². The summed E-state index contributed by atoms with van der Waals surface area (Å²) < 4.78 is 5.59. The van der Waals surface area contributed by atoms with Crippen molar-refractivity contribution < 1.29 is 9.53 Å². The van der Waals surface area contributed by atoms with Gasteiger partial charge in [0.25, 0.3) is 5.91 Å². The van der Waals surface area contributed by atoms with E-state index < -0.39 is 0 Å². The number of carbonyl (C=O) groups excluding carboxylic acids is 1. The van der Waals surface area contributed by atoms with Crippen LogP contribution in [0.4, 0.5) is 11.5 Å². The first-order valence-electron chi connectivity index (χ1n) is 14.6. The Labute approximate surface area is 245 Å². The van der Waals surface area contributed by atoms with E-state index in [1.54, 1.807) is 0 Å². The highest BCUT2D eigenvalue weighted by atomic mass is 16.5. The number of piperazine rings is 1. The van der Waals surface area contributed by atoms with E-state index in [0.717, 1.165) is 90.6 Å². The van der Waals surface area contributed by atoms with Gasteiger partial charge in [-0.3, -0.25) is 9.69 Å². The molecule has 2 fully saturated rings. The number of ether oxygens (including phenoxy) is 1. The van der Waals surface area contributed by atoms with Crippen molar-refractivity contribution in [2.45, 2.75) is 6.54 Å². The predicted octanol–water partition coefficient (Wildman–Crippen LogP) is 4.61. The summed E-state index contributed by atoms with van der Waals surface area (Å²) in [5.41, 5.74) is 6.11. The molecular weight excluding hydrogens is 526 g/mol. The number of morpholine rings is 1. The van der Waals surface area contributed by atoms with E-state index in [1.807, 2.05) is 48.5 Å². The van der Waals surface area contributed by atoms with Crippen molar-refractivity contribution in [3.63, 3.8) is 0 Å². The van der Waals surface area contributed by atoms with Gasteiger partial charge in [0.2, 0.25) is 0 Å². The number of pyridine rings is 1. The number of imidazole rings is 1. The molecule has 5 aromatic rings. The van der Waals surface area contributed by atoms with Crippen molar-refractivity contribution in [2.24, 2.45) is 0 Å². The Bertz CT molecular complexity index is 1720. The number of amides is 1. The maximum absolute atomic E-state index is 13.2. The van der Waals surface area contributed by atoms with Gasteiger partial charge in [-0.05, 0) is 55.1 Å². The van der Waals surface area contributed by atoms with Crippen LogP contribution in [0.2, 0.25) is 0 Å². The number of H-pyrrole nitrogens is 1. The van der Waals surface area contributed by atoms with Gasteiger partial charge in [-0.15, -0.1) is 0 Å². The summed E-state index contributed by atoms with van der Waals surface area (Å²) in [6, 6.07) is 24.0. The van der Waals surface area contributed by atoms with Crippen LogP contribution < -0.4 is 10.2 Å². The van der Waals surface area contributed by atoms with Gasteiger partial charge in [0.05, 0.1) is 35.3 Å². The number of hydrogen-bond acceptors (Lipinski definition) is 7. The highest BCUT2D eigenvalue weighted by Crippen LogP contribution is 2.33. The molecule has 214 valence electrons. The minimum Gasteiger partial charge on any atom is -0.378 e. The Morgan fingerprint density at radius 1 is 0.881 bits per heavy atom. The third-order valence-corrected chi connectivity index (χ3v) is 8.23. The number of hydrogen-bond donors (Lipinski definition) is 2. The molecule has 0 aliphatic carbocycles. The number of likely N-dealkylation sites (N-methyl/N-ethyl adjacent to an activating group) is 1. The fraction of sp³-hybridized carbons (Fsp3) is 0.303. The van der Waals surface area contributed by atoms with Gasteiger partial charge < -0.3 is 24.8 Å². The Morgan fingerprint density at radius 2 is 1.67 bits per heavy atom. The molecule has 42 heavy (non-hydrogen) atoms. The highest BCUT2D eigenvalue weighted by Gasteiger charge is 2.21. The average molecular weight is 562 g/mol. The molecule has 3 aromatic carbocycles. The quantitative estimate of drug-likeness (QED) is 0.313. The van der Waals surface area contributed by atoms with Gasteiger partial charge in [-0.2, -0.15) is 0 Å². The monoisotopic (exact) mass is 561 g/mol. The summed E-state index contributed by atoms with van der Waals surface area (Å²) in [6.07, 6.45) is 0. The maximum Gasteiger partial charge on any atom is 0.255 e. The molecule has 9 nitrogen and oxygen atoms in total. The number of carbonyl (C=O) groups is 1. The minimum absolute atomic E-state index is 0.152. The van der Waals surface area contributed by atoms with Gasteiger partial charge >= 0.3 is 0 Å². The SMILES string of the molecule is CN1CCN(Cc2ccc(NC(=O)c3ccc4nc(-c5cc6ccccc6nc5N5CCOCC5)[nH]c4c3)cc2)CC1. The first kappa shape index (κ1) is 26.6. The smallest absolute Gasteiger partial charge is 0.255 e. The number of rotatable bonds is 6. The Kier molecular flexibility index (Phi) is 7.29. The van der Waals surface area contributed by atoms with E-state index in [4.69, 9.17) is 14.7 Å². The van der Waals surface area contributed by atoms with E-state index in [-0.39, 0.29) is 5.91 Å². The zero-order valence-corrected chi connectivity index (χ0v) is 23.8. The molecule has 0 atom stereocenters. The zero-order valence-electron chi connectivity index (χ0n) is 23.8. The first-order valence-corrected chi connectivity index (χ1v) is 14.6. The lowest BCUT2D eigenvalue weighted by molar-refractivity contribution is 0.102. The fourth-order valence-electron chi connectivity index (χ4n) is 5.74.